The molecule has 7 nitrogen and oxygen atoms in total. The third-order valence-corrected chi connectivity index (χ3v) is 5.98. The number of hydrogen-bond donors (Lipinski definition) is 3. The van der Waals surface area contributed by atoms with E-state index in [1.165, 1.54) is 25.7 Å². The first-order valence-corrected chi connectivity index (χ1v) is 10.8. The van der Waals surface area contributed by atoms with Crippen LogP contribution in [0.1, 0.15) is 49.8 Å². The van der Waals surface area contributed by atoms with Gasteiger partial charge in [0.1, 0.15) is 5.82 Å². The van der Waals surface area contributed by atoms with Crippen LogP contribution in [0.5, 0.6) is 0 Å². The molecule has 1 atom stereocenters. The van der Waals surface area contributed by atoms with Gasteiger partial charge in [-0.25, -0.2) is 9.78 Å². The van der Waals surface area contributed by atoms with Crippen LogP contribution < -0.4 is 20.9 Å². The molecule has 0 radical (unpaired) electrons. The molecule has 3 N–H and O–H groups in total. The van der Waals surface area contributed by atoms with Crippen molar-refractivity contribution in [3.05, 3.63) is 53.2 Å². The van der Waals surface area contributed by atoms with Crippen LogP contribution in [-0.2, 0) is 0 Å². The maximum atomic E-state index is 11.9. The summed E-state index contributed by atoms with van der Waals surface area (Å²) in [4.78, 5) is 22.2. The van der Waals surface area contributed by atoms with E-state index in [0.717, 1.165) is 16.8 Å². The van der Waals surface area contributed by atoms with Gasteiger partial charge in [0.15, 0.2) is 0 Å². The van der Waals surface area contributed by atoms with Crippen molar-refractivity contribution >= 4 is 35.1 Å². The lowest BCUT2D eigenvalue weighted by atomic mass is 10.0. The zero-order chi connectivity index (χ0) is 21.1. The van der Waals surface area contributed by atoms with Crippen LogP contribution in [-0.4, -0.2) is 35.1 Å². The summed E-state index contributed by atoms with van der Waals surface area (Å²) in [6, 6.07) is 8.03. The molecule has 1 aromatic carbocycles. The van der Waals surface area contributed by atoms with Crippen molar-refractivity contribution in [1.29, 1.82) is 0 Å². The van der Waals surface area contributed by atoms with E-state index in [-0.39, 0.29) is 12.1 Å². The number of carbonyl (C=O) groups excluding carboxylic acids is 1. The Hall–Kier alpha value is -2.80. The van der Waals surface area contributed by atoms with Gasteiger partial charge in [0.2, 0.25) is 5.95 Å². The van der Waals surface area contributed by atoms with Gasteiger partial charge in [0.25, 0.3) is 0 Å². The summed E-state index contributed by atoms with van der Waals surface area (Å²) < 4.78 is 0. The summed E-state index contributed by atoms with van der Waals surface area (Å²) in [6.45, 7) is 7.42. The van der Waals surface area contributed by atoms with E-state index in [4.69, 9.17) is 11.6 Å². The van der Waals surface area contributed by atoms with Crippen molar-refractivity contribution in [3.8, 4) is 0 Å². The largest absolute Gasteiger partial charge is 0.382 e. The highest BCUT2D eigenvalue weighted by Crippen LogP contribution is 2.29. The van der Waals surface area contributed by atoms with E-state index in [0.29, 0.717) is 35.9 Å². The second-order valence-corrected chi connectivity index (χ2v) is 8.24. The number of amides is 2. The van der Waals surface area contributed by atoms with Crippen molar-refractivity contribution in [3.63, 3.8) is 0 Å². The number of hydrogen-bond acceptors (Lipinski definition) is 5. The number of urea groups is 1. The zero-order valence-corrected chi connectivity index (χ0v) is 17.9. The number of anilines is 2. The molecule has 1 saturated heterocycles. The standard InChI is InChI=1S/C22H27ClN6O/c1-14(27-21-24-10-9-20(28-21)29-12-11-25-22(29)30)16-7-8-18(19(23)13-16)15(2)26-17-5-3-4-6-17/h7-10,13-14,17,26H,2-6,11-12H2,1H3,(H,25,30)(H,24,27,28). The van der Waals surface area contributed by atoms with Gasteiger partial charge >= 0.3 is 6.03 Å². The van der Waals surface area contributed by atoms with E-state index >= 15 is 0 Å². The van der Waals surface area contributed by atoms with Gasteiger partial charge in [-0.3, -0.25) is 4.90 Å². The smallest absolute Gasteiger partial charge is 0.323 e. The first-order valence-electron chi connectivity index (χ1n) is 10.4. The quantitative estimate of drug-likeness (QED) is 0.613. The summed E-state index contributed by atoms with van der Waals surface area (Å²) in [7, 11) is 0. The van der Waals surface area contributed by atoms with Gasteiger partial charge in [-0.15, -0.1) is 0 Å². The Balaban J connectivity index is 1.43. The predicted molar refractivity (Wildman–Crippen MR) is 121 cm³/mol. The fraction of sp³-hybridized carbons (Fsp3) is 0.409. The number of nitrogens with one attached hydrogen (secondary N) is 3. The highest BCUT2D eigenvalue weighted by molar-refractivity contribution is 6.32. The van der Waals surface area contributed by atoms with Crippen molar-refractivity contribution in [1.82, 2.24) is 20.6 Å². The van der Waals surface area contributed by atoms with Gasteiger partial charge in [0.05, 0.1) is 11.1 Å². The van der Waals surface area contributed by atoms with E-state index in [9.17, 15) is 4.79 Å². The number of halogens is 1. The Bertz CT molecular complexity index is 943. The molecule has 0 bridgehead atoms. The molecule has 2 aliphatic rings. The maximum Gasteiger partial charge on any atom is 0.323 e. The number of carbonyl (C=O) groups is 1. The van der Waals surface area contributed by atoms with Gasteiger partial charge in [-0.05, 0) is 37.5 Å². The van der Waals surface area contributed by atoms with Crippen LogP contribution in [0.3, 0.4) is 0 Å². The lowest BCUT2D eigenvalue weighted by Crippen LogP contribution is -2.28. The SMILES string of the molecule is C=C(NC1CCCC1)c1ccc(C(C)Nc2nccc(N3CCNC3=O)n2)cc1Cl. The first-order chi connectivity index (χ1) is 14.5. The molecule has 2 fully saturated rings. The molecule has 2 aromatic rings. The topological polar surface area (TPSA) is 82.2 Å². The Kier molecular flexibility index (Phi) is 6.08. The van der Waals surface area contributed by atoms with E-state index in [1.807, 2.05) is 25.1 Å². The zero-order valence-electron chi connectivity index (χ0n) is 17.1. The van der Waals surface area contributed by atoms with Crippen LogP contribution in [0.2, 0.25) is 5.02 Å². The van der Waals surface area contributed by atoms with Gasteiger partial charge in [-0.1, -0.05) is 43.2 Å². The second kappa shape index (κ2) is 8.92. The molecule has 8 heteroatoms. The third kappa shape index (κ3) is 4.51. The average Bonchev–Trinajstić information content (AvgIpc) is 3.39. The minimum Gasteiger partial charge on any atom is -0.382 e. The summed E-state index contributed by atoms with van der Waals surface area (Å²) in [5.41, 5.74) is 2.82. The molecule has 1 aliphatic carbocycles. The fourth-order valence-corrected chi connectivity index (χ4v) is 4.28. The van der Waals surface area contributed by atoms with Crippen LogP contribution in [0, 0.1) is 0 Å². The number of benzene rings is 1. The van der Waals surface area contributed by atoms with Gasteiger partial charge in [0, 0.05) is 36.6 Å². The Morgan fingerprint density at radius 1 is 1.33 bits per heavy atom. The van der Waals surface area contributed by atoms with E-state index in [2.05, 4.69) is 32.5 Å². The normalized spacial score (nSPS) is 17.7. The molecule has 2 amide bonds. The average molecular weight is 427 g/mol. The minimum absolute atomic E-state index is 0.0599. The Morgan fingerprint density at radius 2 is 2.13 bits per heavy atom. The predicted octanol–water partition coefficient (Wildman–Crippen LogP) is 4.34. The first kappa shape index (κ1) is 20.5. The molecule has 1 aromatic heterocycles. The highest BCUT2D eigenvalue weighted by atomic mass is 35.5. The van der Waals surface area contributed by atoms with Gasteiger partial charge < -0.3 is 16.0 Å². The van der Waals surface area contributed by atoms with Crippen molar-refractivity contribution in [2.75, 3.05) is 23.3 Å². The molecule has 30 heavy (non-hydrogen) atoms. The number of nitrogens with zero attached hydrogens (tertiary/aromatic N) is 3. The summed E-state index contributed by atoms with van der Waals surface area (Å²) in [5, 5.41) is 10.2. The molecule has 1 aliphatic heterocycles. The Morgan fingerprint density at radius 3 is 2.83 bits per heavy atom. The van der Waals surface area contributed by atoms with Crippen molar-refractivity contribution < 1.29 is 4.79 Å². The monoisotopic (exact) mass is 426 g/mol. The van der Waals surface area contributed by atoms with Crippen LogP contribution in [0.4, 0.5) is 16.6 Å². The molecular weight excluding hydrogens is 400 g/mol. The molecule has 4 rings (SSSR count). The molecule has 158 valence electrons. The Labute approximate surface area is 181 Å². The summed E-state index contributed by atoms with van der Waals surface area (Å²) in [5.74, 6) is 1.05. The van der Waals surface area contributed by atoms with Crippen LogP contribution in [0.15, 0.2) is 37.0 Å². The molecule has 0 spiro atoms. The number of rotatable bonds is 7. The summed E-state index contributed by atoms with van der Waals surface area (Å²) >= 11 is 6.57. The highest BCUT2D eigenvalue weighted by Gasteiger charge is 2.23. The summed E-state index contributed by atoms with van der Waals surface area (Å²) in [6.07, 6.45) is 6.57. The fourth-order valence-electron chi connectivity index (χ4n) is 3.98. The number of aromatic nitrogens is 2. The molecule has 1 unspecified atom stereocenters. The maximum absolute atomic E-state index is 11.9. The molecule has 2 heterocycles. The van der Waals surface area contributed by atoms with Crippen LogP contribution in [0.25, 0.3) is 5.70 Å². The van der Waals surface area contributed by atoms with E-state index in [1.54, 1.807) is 17.2 Å². The van der Waals surface area contributed by atoms with Gasteiger partial charge in [-0.2, -0.15) is 4.98 Å². The third-order valence-electron chi connectivity index (χ3n) is 5.67. The van der Waals surface area contributed by atoms with Crippen molar-refractivity contribution in [2.24, 2.45) is 0 Å². The second-order valence-electron chi connectivity index (χ2n) is 7.83. The lowest BCUT2D eigenvalue weighted by Gasteiger charge is -2.19. The van der Waals surface area contributed by atoms with Crippen LogP contribution >= 0.6 is 11.6 Å². The molecular formula is C22H27ClN6O. The minimum atomic E-state index is -0.137. The van der Waals surface area contributed by atoms with E-state index < -0.39 is 0 Å². The molecule has 1 saturated carbocycles. The van der Waals surface area contributed by atoms with Crippen molar-refractivity contribution in [2.45, 2.75) is 44.7 Å². The lowest BCUT2D eigenvalue weighted by molar-refractivity contribution is 0.252.